The van der Waals surface area contributed by atoms with Crippen molar-refractivity contribution in [1.29, 1.82) is 0 Å². The molecule has 0 bridgehead atoms. The van der Waals surface area contributed by atoms with Crippen molar-refractivity contribution in [3.05, 3.63) is 30.0 Å². The van der Waals surface area contributed by atoms with Gasteiger partial charge >= 0.3 is 0 Å². The number of methoxy groups -OCH3 is 1. The first-order valence-corrected chi connectivity index (χ1v) is 10.3. The first-order chi connectivity index (χ1) is 12.5. The predicted molar refractivity (Wildman–Crippen MR) is 95.0 cm³/mol. The van der Waals surface area contributed by atoms with Crippen LogP contribution in [-0.2, 0) is 25.8 Å². The van der Waals surface area contributed by atoms with Crippen molar-refractivity contribution in [3.8, 4) is 5.75 Å². The summed E-state index contributed by atoms with van der Waals surface area (Å²) in [6.45, 7) is 0.895. The summed E-state index contributed by atoms with van der Waals surface area (Å²) in [5.74, 6) is 0.610. The van der Waals surface area contributed by atoms with Gasteiger partial charge in [0.15, 0.2) is 9.84 Å². The summed E-state index contributed by atoms with van der Waals surface area (Å²) in [5.41, 5.74) is 1.46. The number of furan rings is 1. The highest BCUT2D eigenvalue weighted by Crippen LogP contribution is 2.29. The van der Waals surface area contributed by atoms with Crippen molar-refractivity contribution < 1.29 is 27.1 Å². The lowest BCUT2D eigenvalue weighted by Crippen LogP contribution is -2.60. The number of rotatable bonds is 3. The molecule has 0 spiro atoms. The van der Waals surface area contributed by atoms with Gasteiger partial charge in [0, 0.05) is 30.2 Å². The third-order valence-electron chi connectivity index (χ3n) is 5.27. The Morgan fingerprint density at radius 3 is 3.04 bits per heavy atom. The molecular weight excluding hydrogens is 358 g/mol. The molecule has 26 heavy (non-hydrogen) atoms. The van der Waals surface area contributed by atoms with Gasteiger partial charge in [-0.1, -0.05) is 0 Å². The lowest BCUT2D eigenvalue weighted by molar-refractivity contribution is -0.134. The van der Waals surface area contributed by atoms with Crippen LogP contribution in [0.4, 0.5) is 0 Å². The predicted octanol–water partition coefficient (Wildman–Crippen LogP) is 1.40. The fraction of sp³-hybridized carbons (Fsp3) is 0.500. The Morgan fingerprint density at radius 2 is 2.23 bits per heavy atom. The Kier molecular flexibility index (Phi) is 4.40. The van der Waals surface area contributed by atoms with Crippen LogP contribution < -0.4 is 4.74 Å². The molecule has 0 radical (unpaired) electrons. The normalized spacial score (nSPS) is 25.0. The average molecular weight is 379 g/mol. The Bertz CT molecular complexity index is 934. The quantitative estimate of drug-likeness (QED) is 0.801. The number of fused-ring (bicyclic) bond motifs is 2. The number of hydrogen-bond donors (Lipinski definition) is 0. The number of carbonyl (C=O) groups excluding carboxylic acids is 1. The Balaban J connectivity index is 1.56. The molecule has 7 nitrogen and oxygen atoms in total. The summed E-state index contributed by atoms with van der Waals surface area (Å²) in [5, 5.41) is 0.256. The van der Waals surface area contributed by atoms with E-state index in [0.29, 0.717) is 24.4 Å². The molecule has 1 aromatic heterocycles. The molecule has 2 unspecified atom stereocenters. The third-order valence-corrected chi connectivity index (χ3v) is 7.40. The zero-order valence-corrected chi connectivity index (χ0v) is 15.3. The fourth-order valence-electron chi connectivity index (χ4n) is 3.84. The van der Waals surface area contributed by atoms with E-state index < -0.39 is 15.1 Å². The van der Waals surface area contributed by atoms with Gasteiger partial charge in [0.25, 0.3) is 0 Å². The van der Waals surface area contributed by atoms with Crippen molar-refractivity contribution in [1.82, 2.24) is 4.90 Å². The van der Waals surface area contributed by atoms with E-state index in [-0.39, 0.29) is 37.3 Å². The van der Waals surface area contributed by atoms with Crippen LogP contribution in [0.15, 0.2) is 28.9 Å². The van der Waals surface area contributed by atoms with Crippen molar-refractivity contribution in [3.63, 3.8) is 0 Å². The molecule has 2 atom stereocenters. The van der Waals surface area contributed by atoms with Gasteiger partial charge in [-0.2, -0.15) is 0 Å². The van der Waals surface area contributed by atoms with E-state index in [1.165, 1.54) is 0 Å². The van der Waals surface area contributed by atoms with Crippen LogP contribution >= 0.6 is 0 Å². The van der Waals surface area contributed by atoms with Gasteiger partial charge in [-0.25, -0.2) is 8.42 Å². The Labute approximate surface area is 151 Å². The molecule has 0 N–H and O–H groups in total. The zero-order valence-electron chi connectivity index (χ0n) is 14.5. The molecule has 4 rings (SSSR count). The van der Waals surface area contributed by atoms with Gasteiger partial charge in [-0.05, 0) is 18.6 Å². The van der Waals surface area contributed by atoms with Gasteiger partial charge in [0.05, 0.1) is 38.2 Å². The van der Waals surface area contributed by atoms with E-state index in [4.69, 9.17) is 13.9 Å². The van der Waals surface area contributed by atoms with E-state index in [1.807, 2.05) is 12.1 Å². The maximum atomic E-state index is 12.9. The minimum Gasteiger partial charge on any atom is -0.497 e. The summed E-state index contributed by atoms with van der Waals surface area (Å²) in [7, 11) is -1.62. The number of nitrogens with zero attached hydrogens (tertiary/aromatic N) is 1. The Hall–Kier alpha value is -2.06. The summed E-state index contributed by atoms with van der Waals surface area (Å²) < 4.78 is 40.7. The van der Waals surface area contributed by atoms with Gasteiger partial charge in [-0.3, -0.25) is 4.79 Å². The minimum absolute atomic E-state index is 0.00734. The molecule has 8 heteroatoms. The first-order valence-electron chi connectivity index (χ1n) is 8.62. The largest absolute Gasteiger partial charge is 0.497 e. The number of carbonyl (C=O) groups is 1. The number of sulfone groups is 1. The van der Waals surface area contributed by atoms with Crippen molar-refractivity contribution in [2.24, 2.45) is 0 Å². The number of hydrogen-bond acceptors (Lipinski definition) is 6. The van der Waals surface area contributed by atoms with Crippen molar-refractivity contribution in [2.45, 2.75) is 24.1 Å². The topological polar surface area (TPSA) is 86.0 Å². The number of amides is 1. The second-order valence-corrected chi connectivity index (χ2v) is 9.06. The van der Waals surface area contributed by atoms with Crippen LogP contribution in [0.5, 0.6) is 5.75 Å². The highest BCUT2D eigenvalue weighted by Gasteiger charge is 2.44. The van der Waals surface area contributed by atoms with Crippen LogP contribution in [0.25, 0.3) is 11.0 Å². The maximum absolute atomic E-state index is 12.9. The maximum Gasteiger partial charge on any atom is 0.227 e. The van der Waals surface area contributed by atoms with Crippen LogP contribution in [-0.4, -0.2) is 63.1 Å². The van der Waals surface area contributed by atoms with Crippen LogP contribution in [0.3, 0.4) is 0 Å². The minimum atomic E-state index is -3.21. The van der Waals surface area contributed by atoms with Gasteiger partial charge in [0.1, 0.15) is 16.6 Å². The molecular formula is C18H21NO6S. The van der Waals surface area contributed by atoms with E-state index in [9.17, 15) is 13.2 Å². The second-order valence-electron chi connectivity index (χ2n) is 6.72. The number of ether oxygens (including phenoxy) is 2. The lowest BCUT2D eigenvalue weighted by atomic mass is 10.0. The molecule has 3 heterocycles. The van der Waals surface area contributed by atoms with Gasteiger partial charge in [0.2, 0.25) is 5.91 Å². The molecule has 1 aromatic carbocycles. The van der Waals surface area contributed by atoms with E-state index in [1.54, 1.807) is 24.3 Å². The molecule has 2 saturated heterocycles. The van der Waals surface area contributed by atoms with Gasteiger partial charge in [-0.15, -0.1) is 0 Å². The van der Waals surface area contributed by atoms with E-state index in [0.717, 1.165) is 10.9 Å². The molecule has 0 aliphatic carbocycles. The van der Waals surface area contributed by atoms with E-state index >= 15 is 0 Å². The zero-order chi connectivity index (χ0) is 18.3. The van der Waals surface area contributed by atoms with Crippen LogP contribution in [0.2, 0.25) is 0 Å². The van der Waals surface area contributed by atoms with Gasteiger partial charge < -0.3 is 18.8 Å². The van der Waals surface area contributed by atoms with E-state index in [2.05, 4.69) is 0 Å². The number of benzene rings is 1. The highest BCUT2D eigenvalue weighted by atomic mass is 32.2. The SMILES string of the molecule is COc1ccc2c(CC(=O)N3CCS(=O)(=O)C4COCCC43)coc2c1. The Morgan fingerprint density at radius 1 is 1.38 bits per heavy atom. The molecule has 0 saturated carbocycles. The smallest absolute Gasteiger partial charge is 0.227 e. The summed E-state index contributed by atoms with van der Waals surface area (Å²) in [4.78, 5) is 14.6. The molecule has 140 valence electrons. The third kappa shape index (κ3) is 2.97. The lowest BCUT2D eigenvalue weighted by Gasteiger charge is -2.43. The average Bonchev–Trinajstić information content (AvgIpc) is 3.03. The monoisotopic (exact) mass is 379 g/mol. The van der Waals surface area contributed by atoms with Crippen molar-refractivity contribution >= 4 is 26.7 Å². The molecule has 1 amide bonds. The molecule has 2 fully saturated rings. The summed E-state index contributed by atoms with van der Waals surface area (Å²) >= 11 is 0. The first kappa shape index (κ1) is 17.4. The molecule has 2 aromatic rings. The second kappa shape index (κ2) is 6.59. The standard InChI is InChI=1S/C18H21NO6S/c1-23-13-2-3-14-12(10-25-16(14)9-13)8-18(20)19-5-7-26(21,22)17-11-24-6-4-15(17)19/h2-3,9-10,15,17H,4-8,11H2,1H3. The molecule has 2 aliphatic heterocycles. The van der Waals surface area contributed by atoms with Crippen LogP contribution in [0, 0.1) is 0 Å². The van der Waals surface area contributed by atoms with Crippen LogP contribution in [0.1, 0.15) is 12.0 Å². The van der Waals surface area contributed by atoms with Crippen molar-refractivity contribution in [2.75, 3.05) is 32.6 Å². The highest BCUT2D eigenvalue weighted by molar-refractivity contribution is 7.92. The summed E-state index contributed by atoms with van der Waals surface area (Å²) in [6, 6.07) is 5.19. The molecule has 2 aliphatic rings. The summed E-state index contributed by atoms with van der Waals surface area (Å²) in [6.07, 6.45) is 2.33. The fourth-order valence-corrected chi connectivity index (χ4v) is 5.66.